The van der Waals surface area contributed by atoms with Crippen molar-refractivity contribution in [3.63, 3.8) is 0 Å². The van der Waals surface area contributed by atoms with Gasteiger partial charge in [-0.1, -0.05) is 43.7 Å². The van der Waals surface area contributed by atoms with Crippen molar-refractivity contribution in [2.45, 2.75) is 44.7 Å². The molecule has 0 aliphatic carbocycles. The Morgan fingerprint density at radius 2 is 1.66 bits per heavy atom. The summed E-state index contributed by atoms with van der Waals surface area (Å²) in [6.45, 7) is 9.36. The van der Waals surface area contributed by atoms with Crippen LogP contribution in [0.15, 0.2) is 53.4 Å². The first kappa shape index (κ1) is 24.2. The standard InChI is InChI=1S/C24H33N3O4S/c1-18(2)16-23(26-32(29,30)22-10-4-19(3)5-11-22)24(28)25-17-20-6-8-21(9-7-20)27-12-14-31-15-13-27/h4-11,18,23,26H,12-17H2,1-3H3,(H,25,28). The molecule has 32 heavy (non-hydrogen) atoms. The Balaban J connectivity index is 1.62. The third-order valence-corrected chi connectivity index (χ3v) is 6.92. The first-order valence-electron chi connectivity index (χ1n) is 11.0. The highest BCUT2D eigenvalue weighted by molar-refractivity contribution is 7.89. The van der Waals surface area contributed by atoms with E-state index in [1.54, 1.807) is 24.3 Å². The Morgan fingerprint density at radius 1 is 1.03 bits per heavy atom. The van der Waals surface area contributed by atoms with Crippen LogP contribution in [0.1, 0.15) is 31.4 Å². The maximum Gasteiger partial charge on any atom is 0.241 e. The molecule has 0 spiro atoms. The summed E-state index contributed by atoms with van der Waals surface area (Å²) < 4.78 is 33.6. The highest BCUT2D eigenvalue weighted by Gasteiger charge is 2.26. The normalized spacial score (nSPS) is 15.6. The fourth-order valence-electron chi connectivity index (χ4n) is 3.61. The van der Waals surface area contributed by atoms with E-state index in [9.17, 15) is 13.2 Å². The molecule has 0 saturated carbocycles. The molecule has 1 aliphatic heterocycles. The summed E-state index contributed by atoms with van der Waals surface area (Å²) in [5.74, 6) is -0.175. The maximum absolute atomic E-state index is 12.9. The lowest BCUT2D eigenvalue weighted by Crippen LogP contribution is -2.47. The van der Waals surface area contributed by atoms with Crippen LogP contribution in [0, 0.1) is 12.8 Å². The number of amides is 1. The van der Waals surface area contributed by atoms with Crippen molar-refractivity contribution in [1.82, 2.24) is 10.0 Å². The lowest BCUT2D eigenvalue weighted by atomic mass is 10.0. The van der Waals surface area contributed by atoms with Gasteiger partial charge in [0.15, 0.2) is 0 Å². The largest absolute Gasteiger partial charge is 0.378 e. The Bertz CT molecular complexity index is 983. The van der Waals surface area contributed by atoms with Crippen LogP contribution < -0.4 is 14.9 Å². The lowest BCUT2D eigenvalue weighted by molar-refractivity contribution is -0.123. The van der Waals surface area contributed by atoms with Gasteiger partial charge in [0, 0.05) is 25.3 Å². The summed E-state index contributed by atoms with van der Waals surface area (Å²) in [4.78, 5) is 15.3. The number of rotatable bonds is 9. The molecule has 1 aliphatic rings. The first-order valence-corrected chi connectivity index (χ1v) is 12.5. The average Bonchev–Trinajstić information content (AvgIpc) is 2.78. The number of carbonyl (C=O) groups excluding carboxylic acids is 1. The smallest absolute Gasteiger partial charge is 0.241 e. The highest BCUT2D eigenvalue weighted by atomic mass is 32.2. The van der Waals surface area contributed by atoms with Crippen molar-refractivity contribution in [3.8, 4) is 0 Å². The van der Waals surface area contributed by atoms with E-state index in [0.717, 1.165) is 43.1 Å². The summed E-state index contributed by atoms with van der Waals surface area (Å²) in [5, 5.41) is 2.89. The van der Waals surface area contributed by atoms with Crippen molar-refractivity contribution in [1.29, 1.82) is 0 Å². The van der Waals surface area contributed by atoms with Crippen LogP contribution in [0.25, 0.3) is 0 Å². The van der Waals surface area contributed by atoms with Gasteiger partial charge in [-0.15, -0.1) is 0 Å². The molecule has 0 bridgehead atoms. The SMILES string of the molecule is Cc1ccc(S(=O)(=O)NC(CC(C)C)C(=O)NCc2ccc(N3CCOCC3)cc2)cc1. The van der Waals surface area contributed by atoms with E-state index in [-0.39, 0.29) is 16.7 Å². The molecule has 0 aromatic heterocycles. The average molecular weight is 460 g/mol. The van der Waals surface area contributed by atoms with E-state index < -0.39 is 16.1 Å². The number of carbonyl (C=O) groups is 1. The Kier molecular flexibility index (Phi) is 8.28. The second-order valence-corrected chi connectivity index (χ2v) is 10.3. The van der Waals surface area contributed by atoms with E-state index in [2.05, 4.69) is 14.9 Å². The zero-order valence-corrected chi connectivity index (χ0v) is 19.8. The molecule has 3 rings (SSSR count). The predicted octanol–water partition coefficient (Wildman–Crippen LogP) is 2.84. The van der Waals surface area contributed by atoms with Gasteiger partial charge < -0.3 is 15.0 Å². The van der Waals surface area contributed by atoms with Gasteiger partial charge in [0.1, 0.15) is 6.04 Å². The van der Waals surface area contributed by atoms with E-state index in [1.807, 2.05) is 45.0 Å². The van der Waals surface area contributed by atoms with Crippen molar-refractivity contribution >= 4 is 21.6 Å². The molecule has 7 nitrogen and oxygen atoms in total. The molecule has 1 saturated heterocycles. The number of morpholine rings is 1. The molecule has 174 valence electrons. The Morgan fingerprint density at radius 3 is 2.25 bits per heavy atom. The molecule has 1 atom stereocenters. The van der Waals surface area contributed by atoms with Crippen LogP contribution in [0.5, 0.6) is 0 Å². The predicted molar refractivity (Wildman–Crippen MR) is 126 cm³/mol. The monoisotopic (exact) mass is 459 g/mol. The minimum atomic E-state index is -3.79. The Hall–Kier alpha value is -2.42. The third-order valence-electron chi connectivity index (χ3n) is 5.43. The molecule has 0 radical (unpaired) electrons. The molecule has 2 aromatic carbocycles. The van der Waals surface area contributed by atoms with Gasteiger partial charge in [-0.2, -0.15) is 4.72 Å². The fraction of sp³-hybridized carbons (Fsp3) is 0.458. The molecular formula is C24H33N3O4S. The molecule has 1 heterocycles. The zero-order chi connectivity index (χ0) is 23.1. The van der Waals surface area contributed by atoms with E-state index in [4.69, 9.17) is 4.74 Å². The number of ether oxygens (including phenoxy) is 1. The van der Waals surface area contributed by atoms with Crippen molar-refractivity contribution in [2.75, 3.05) is 31.2 Å². The van der Waals surface area contributed by atoms with Crippen LogP contribution >= 0.6 is 0 Å². The number of aryl methyl sites for hydroxylation is 1. The van der Waals surface area contributed by atoms with Gasteiger partial charge >= 0.3 is 0 Å². The summed E-state index contributed by atoms with van der Waals surface area (Å²) in [6.07, 6.45) is 0.410. The molecule has 2 aromatic rings. The van der Waals surface area contributed by atoms with Crippen LogP contribution in [0.3, 0.4) is 0 Å². The minimum Gasteiger partial charge on any atom is -0.378 e. The summed E-state index contributed by atoms with van der Waals surface area (Å²) in [5.41, 5.74) is 3.06. The number of nitrogens with one attached hydrogen (secondary N) is 2. The second kappa shape index (κ2) is 10.9. The molecule has 2 N–H and O–H groups in total. The van der Waals surface area contributed by atoms with Gasteiger partial charge in [0.05, 0.1) is 18.1 Å². The molecular weight excluding hydrogens is 426 g/mol. The lowest BCUT2D eigenvalue weighted by Gasteiger charge is -2.29. The summed E-state index contributed by atoms with van der Waals surface area (Å²) in [7, 11) is -3.79. The van der Waals surface area contributed by atoms with Gasteiger partial charge in [0.2, 0.25) is 15.9 Å². The first-order chi connectivity index (χ1) is 15.2. The third kappa shape index (κ3) is 6.79. The van der Waals surface area contributed by atoms with Crippen LogP contribution in [0.2, 0.25) is 0 Å². The molecule has 1 amide bonds. The highest BCUT2D eigenvalue weighted by Crippen LogP contribution is 2.17. The number of hydrogen-bond donors (Lipinski definition) is 2. The minimum absolute atomic E-state index is 0.152. The molecule has 8 heteroatoms. The Labute approximate surface area is 191 Å². The number of hydrogen-bond acceptors (Lipinski definition) is 5. The van der Waals surface area contributed by atoms with E-state index >= 15 is 0 Å². The van der Waals surface area contributed by atoms with Gasteiger partial charge in [-0.3, -0.25) is 4.79 Å². The van der Waals surface area contributed by atoms with Crippen molar-refractivity contribution in [2.24, 2.45) is 5.92 Å². The van der Waals surface area contributed by atoms with E-state index in [1.165, 1.54) is 0 Å². The van der Waals surface area contributed by atoms with Crippen LogP contribution in [0.4, 0.5) is 5.69 Å². The quantitative estimate of drug-likeness (QED) is 0.602. The maximum atomic E-state index is 12.9. The van der Waals surface area contributed by atoms with E-state index in [0.29, 0.717) is 13.0 Å². The van der Waals surface area contributed by atoms with Crippen molar-refractivity contribution < 1.29 is 17.9 Å². The van der Waals surface area contributed by atoms with Crippen LogP contribution in [-0.4, -0.2) is 46.7 Å². The molecule has 1 fully saturated rings. The number of anilines is 1. The summed E-state index contributed by atoms with van der Waals surface area (Å²) >= 11 is 0. The fourth-order valence-corrected chi connectivity index (χ4v) is 4.82. The number of sulfonamides is 1. The van der Waals surface area contributed by atoms with Crippen molar-refractivity contribution in [3.05, 3.63) is 59.7 Å². The summed E-state index contributed by atoms with van der Waals surface area (Å²) in [6, 6.07) is 13.8. The van der Waals surface area contributed by atoms with Gasteiger partial charge in [0.25, 0.3) is 0 Å². The second-order valence-electron chi connectivity index (χ2n) is 8.60. The topological polar surface area (TPSA) is 87.7 Å². The number of nitrogens with zero attached hydrogens (tertiary/aromatic N) is 1. The van der Waals surface area contributed by atoms with Gasteiger partial charge in [-0.05, 0) is 49.1 Å². The van der Waals surface area contributed by atoms with Crippen LogP contribution in [-0.2, 0) is 26.1 Å². The zero-order valence-electron chi connectivity index (χ0n) is 19.0. The molecule has 1 unspecified atom stereocenters. The number of benzene rings is 2. The van der Waals surface area contributed by atoms with Gasteiger partial charge in [-0.25, -0.2) is 8.42 Å².